The number of nitrogens with zero attached hydrogens (tertiary/aromatic N) is 3. The molecule has 1 saturated carbocycles. The lowest BCUT2D eigenvalue weighted by Gasteiger charge is -2.32. The van der Waals surface area contributed by atoms with E-state index in [-0.39, 0.29) is 11.8 Å². The van der Waals surface area contributed by atoms with Crippen LogP contribution in [-0.2, 0) is 11.3 Å². The molecule has 26 heavy (non-hydrogen) atoms. The molecule has 2 aliphatic rings. The Morgan fingerprint density at radius 1 is 1.31 bits per heavy atom. The predicted octanol–water partition coefficient (Wildman–Crippen LogP) is 1.39. The van der Waals surface area contributed by atoms with E-state index in [1.54, 1.807) is 0 Å². The molecule has 2 fully saturated rings. The Morgan fingerprint density at radius 2 is 2.04 bits per heavy atom. The van der Waals surface area contributed by atoms with E-state index in [2.05, 4.69) is 31.6 Å². The molecule has 0 unspecified atom stereocenters. The van der Waals surface area contributed by atoms with Gasteiger partial charge >= 0.3 is 0 Å². The summed E-state index contributed by atoms with van der Waals surface area (Å²) in [6, 6.07) is 4.59. The fourth-order valence-corrected chi connectivity index (χ4v) is 3.87. The Bertz CT molecular complexity index is 633. The van der Waals surface area contributed by atoms with Crippen molar-refractivity contribution in [1.82, 2.24) is 15.6 Å². The van der Waals surface area contributed by atoms with Gasteiger partial charge in [0.15, 0.2) is 5.96 Å². The number of rotatable bonds is 5. The Morgan fingerprint density at radius 3 is 2.69 bits per heavy atom. The number of pyridine rings is 1. The summed E-state index contributed by atoms with van der Waals surface area (Å²) in [6.07, 6.45) is 8.44. The lowest BCUT2D eigenvalue weighted by atomic mass is 9.96. The molecule has 1 aliphatic heterocycles. The van der Waals surface area contributed by atoms with Gasteiger partial charge in [-0.2, -0.15) is 0 Å². The molecule has 3 rings (SSSR count). The Kier molecular flexibility index (Phi) is 6.30. The molecule has 0 atom stereocenters. The smallest absolute Gasteiger partial charge is 0.220 e. The highest BCUT2D eigenvalue weighted by Crippen LogP contribution is 2.24. The van der Waals surface area contributed by atoms with Gasteiger partial charge in [0.1, 0.15) is 5.82 Å². The van der Waals surface area contributed by atoms with Crippen LogP contribution in [0.2, 0.25) is 0 Å². The number of guanidine groups is 1. The van der Waals surface area contributed by atoms with E-state index < -0.39 is 0 Å². The summed E-state index contributed by atoms with van der Waals surface area (Å²) in [5.41, 5.74) is 6.58. The maximum Gasteiger partial charge on any atom is 0.220 e. The van der Waals surface area contributed by atoms with Crippen LogP contribution in [0.15, 0.2) is 23.3 Å². The molecule has 0 bridgehead atoms. The molecular weight excluding hydrogens is 328 g/mol. The number of carbonyl (C=O) groups excluding carboxylic acids is 1. The molecule has 7 nitrogen and oxygen atoms in total. The number of aliphatic imine (C=N–C) groups is 1. The minimum atomic E-state index is -0.186. The number of carbonyl (C=O) groups is 1. The molecule has 1 aromatic heterocycles. The van der Waals surface area contributed by atoms with Crippen LogP contribution in [0.3, 0.4) is 0 Å². The first-order valence-electron chi connectivity index (χ1n) is 9.62. The molecule has 0 radical (unpaired) electrons. The molecule has 1 aliphatic carbocycles. The normalized spacial score (nSPS) is 19.6. The highest BCUT2D eigenvalue weighted by molar-refractivity contribution is 5.80. The first-order valence-corrected chi connectivity index (χ1v) is 9.62. The van der Waals surface area contributed by atoms with E-state index in [0.717, 1.165) is 43.3 Å². The molecule has 4 N–H and O–H groups in total. The summed E-state index contributed by atoms with van der Waals surface area (Å²) in [4.78, 5) is 22.6. The second-order valence-electron chi connectivity index (χ2n) is 7.20. The van der Waals surface area contributed by atoms with Gasteiger partial charge < -0.3 is 21.3 Å². The molecule has 0 aromatic carbocycles. The highest BCUT2D eigenvalue weighted by atomic mass is 16.1. The molecule has 1 saturated heterocycles. The standard InChI is InChI=1S/C19H30N6O/c1-21-19(24-16-6-2-3-7-16)23-13-15-5-4-10-22-18(15)25-11-8-14(9-12-25)17(20)26/h4-5,10,14,16H,2-3,6-9,11-13H2,1H3,(H2,20,26)(H2,21,23,24). The summed E-state index contributed by atoms with van der Waals surface area (Å²) in [5.74, 6) is 1.64. The lowest BCUT2D eigenvalue weighted by Crippen LogP contribution is -2.42. The summed E-state index contributed by atoms with van der Waals surface area (Å²) < 4.78 is 0. The van der Waals surface area contributed by atoms with Gasteiger partial charge in [0.25, 0.3) is 0 Å². The van der Waals surface area contributed by atoms with Gasteiger partial charge in [0.05, 0.1) is 0 Å². The molecule has 142 valence electrons. The van der Waals surface area contributed by atoms with Gasteiger partial charge in [-0.1, -0.05) is 18.9 Å². The van der Waals surface area contributed by atoms with Crippen molar-refractivity contribution in [3.8, 4) is 0 Å². The van der Waals surface area contributed by atoms with Crippen LogP contribution < -0.4 is 21.3 Å². The van der Waals surface area contributed by atoms with E-state index in [0.29, 0.717) is 12.6 Å². The molecular formula is C19H30N6O. The van der Waals surface area contributed by atoms with Crippen LogP contribution in [-0.4, -0.2) is 43.0 Å². The van der Waals surface area contributed by atoms with Crippen molar-refractivity contribution in [2.75, 3.05) is 25.0 Å². The largest absolute Gasteiger partial charge is 0.369 e. The summed E-state index contributed by atoms with van der Waals surface area (Å²) >= 11 is 0. The Labute approximate surface area is 155 Å². The molecule has 7 heteroatoms. The molecule has 1 aromatic rings. The van der Waals surface area contributed by atoms with Crippen LogP contribution in [0.4, 0.5) is 5.82 Å². The molecule has 2 heterocycles. The third-order valence-electron chi connectivity index (χ3n) is 5.43. The monoisotopic (exact) mass is 358 g/mol. The SMILES string of the molecule is CN=C(NCc1cccnc1N1CCC(C(N)=O)CC1)NC1CCCC1. The Hall–Kier alpha value is -2.31. The third kappa shape index (κ3) is 4.65. The van der Waals surface area contributed by atoms with Crippen molar-refractivity contribution in [3.63, 3.8) is 0 Å². The maximum atomic E-state index is 11.4. The molecule has 0 spiro atoms. The van der Waals surface area contributed by atoms with Crippen LogP contribution in [0.5, 0.6) is 0 Å². The first kappa shape index (κ1) is 18.5. The second kappa shape index (κ2) is 8.87. The van der Waals surface area contributed by atoms with Gasteiger partial charge in [-0.3, -0.25) is 9.79 Å². The molecule has 1 amide bonds. The third-order valence-corrected chi connectivity index (χ3v) is 5.43. The van der Waals surface area contributed by atoms with Crippen molar-refractivity contribution in [3.05, 3.63) is 23.9 Å². The highest BCUT2D eigenvalue weighted by Gasteiger charge is 2.25. The van der Waals surface area contributed by atoms with Gasteiger partial charge in [-0.05, 0) is 31.7 Å². The minimum absolute atomic E-state index is 0.00836. The number of hydrogen-bond donors (Lipinski definition) is 3. The van der Waals surface area contributed by atoms with E-state index >= 15 is 0 Å². The van der Waals surface area contributed by atoms with Gasteiger partial charge in [0, 0.05) is 50.4 Å². The van der Waals surface area contributed by atoms with Crippen molar-refractivity contribution >= 4 is 17.7 Å². The number of anilines is 1. The summed E-state index contributed by atoms with van der Waals surface area (Å²) in [6.45, 7) is 2.30. The summed E-state index contributed by atoms with van der Waals surface area (Å²) in [5, 5.41) is 6.92. The minimum Gasteiger partial charge on any atom is -0.369 e. The number of piperidine rings is 1. The lowest BCUT2D eigenvalue weighted by molar-refractivity contribution is -0.122. The number of nitrogens with two attached hydrogens (primary N) is 1. The number of amides is 1. The first-order chi connectivity index (χ1) is 12.7. The van der Waals surface area contributed by atoms with E-state index in [9.17, 15) is 4.79 Å². The summed E-state index contributed by atoms with van der Waals surface area (Å²) in [7, 11) is 1.81. The fraction of sp³-hybridized carbons (Fsp3) is 0.632. The van der Waals surface area contributed by atoms with E-state index in [4.69, 9.17) is 5.73 Å². The number of primary amides is 1. The van der Waals surface area contributed by atoms with Crippen molar-refractivity contribution in [2.24, 2.45) is 16.6 Å². The van der Waals surface area contributed by atoms with E-state index in [1.165, 1.54) is 25.7 Å². The van der Waals surface area contributed by atoms with E-state index in [1.807, 2.05) is 19.3 Å². The topological polar surface area (TPSA) is 95.6 Å². The van der Waals surface area contributed by atoms with Gasteiger partial charge in [-0.25, -0.2) is 4.98 Å². The van der Waals surface area contributed by atoms with Crippen LogP contribution >= 0.6 is 0 Å². The second-order valence-corrected chi connectivity index (χ2v) is 7.20. The van der Waals surface area contributed by atoms with Crippen molar-refractivity contribution in [2.45, 2.75) is 51.1 Å². The number of aromatic nitrogens is 1. The zero-order valence-corrected chi connectivity index (χ0v) is 15.6. The average Bonchev–Trinajstić information content (AvgIpc) is 3.18. The Balaban J connectivity index is 1.59. The predicted molar refractivity (Wildman–Crippen MR) is 104 cm³/mol. The van der Waals surface area contributed by atoms with Crippen molar-refractivity contribution < 1.29 is 4.79 Å². The average molecular weight is 358 g/mol. The number of nitrogens with one attached hydrogen (secondary N) is 2. The van der Waals surface area contributed by atoms with Crippen LogP contribution in [0.25, 0.3) is 0 Å². The van der Waals surface area contributed by atoms with Crippen molar-refractivity contribution in [1.29, 1.82) is 0 Å². The fourth-order valence-electron chi connectivity index (χ4n) is 3.87. The zero-order valence-electron chi connectivity index (χ0n) is 15.6. The van der Waals surface area contributed by atoms with Crippen LogP contribution in [0, 0.1) is 5.92 Å². The quantitative estimate of drug-likeness (QED) is 0.546. The van der Waals surface area contributed by atoms with Crippen LogP contribution in [0.1, 0.15) is 44.1 Å². The zero-order chi connectivity index (χ0) is 18.4. The number of hydrogen-bond acceptors (Lipinski definition) is 4. The van der Waals surface area contributed by atoms with Gasteiger partial charge in [-0.15, -0.1) is 0 Å². The maximum absolute atomic E-state index is 11.4. The van der Waals surface area contributed by atoms with Gasteiger partial charge in [0.2, 0.25) is 5.91 Å².